The fourth-order valence-electron chi connectivity index (χ4n) is 3.57. The molecule has 1 saturated heterocycles. The number of rotatable bonds is 3. The molecular formula is C16H22N2O2. The second-order valence-corrected chi connectivity index (χ2v) is 5.70. The molecule has 1 N–H and O–H groups in total. The second-order valence-electron chi connectivity index (χ2n) is 5.70. The summed E-state index contributed by atoms with van der Waals surface area (Å²) in [4.78, 5) is 14.8. The first kappa shape index (κ1) is 13.6. The van der Waals surface area contributed by atoms with Crippen molar-refractivity contribution in [3.8, 4) is 0 Å². The molecule has 1 aliphatic carbocycles. The van der Waals surface area contributed by atoms with Gasteiger partial charge in [-0.1, -0.05) is 30.3 Å². The molecule has 3 rings (SSSR count). The summed E-state index contributed by atoms with van der Waals surface area (Å²) in [5.74, 6) is 0.178. The fraction of sp³-hybridized carbons (Fsp3) is 0.562. The smallest absolute Gasteiger partial charge is 0.245 e. The van der Waals surface area contributed by atoms with E-state index in [2.05, 4.69) is 12.2 Å². The van der Waals surface area contributed by atoms with Crippen LogP contribution in [-0.2, 0) is 9.53 Å². The number of nitrogens with zero attached hydrogens (tertiary/aromatic N) is 1. The molecule has 0 radical (unpaired) electrons. The Morgan fingerprint density at radius 3 is 2.70 bits per heavy atom. The Kier molecular flexibility index (Phi) is 3.76. The highest BCUT2D eigenvalue weighted by atomic mass is 16.5. The third-order valence-corrected chi connectivity index (χ3v) is 4.54. The van der Waals surface area contributed by atoms with E-state index in [4.69, 9.17) is 4.74 Å². The third-order valence-electron chi connectivity index (χ3n) is 4.54. The second kappa shape index (κ2) is 5.54. The van der Waals surface area contributed by atoms with E-state index in [0.717, 1.165) is 24.8 Å². The Morgan fingerprint density at radius 2 is 2.00 bits per heavy atom. The van der Waals surface area contributed by atoms with Crippen molar-refractivity contribution in [2.24, 2.45) is 0 Å². The van der Waals surface area contributed by atoms with Crippen molar-refractivity contribution in [3.05, 3.63) is 35.9 Å². The minimum Gasteiger partial charge on any atom is -0.379 e. The molecule has 2 fully saturated rings. The van der Waals surface area contributed by atoms with Crippen LogP contribution in [0.3, 0.4) is 0 Å². The highest BCUT2D eigenvalue weighted by molar-refractivity contribution is 5.86. The predicted molar refractivity (Wildman–Crippen MR) is 77.1 cm³/mol. The van der Waals surface area contributed by atoms with E-state index in [0.29, 0.717) is 0 Å². The van der Waals surface area contributed by atoms with E-state index in [9.17, 15) is 4.79 Å². The molecule has 4 atom stereocenters. The van der Waals surface area contributed by atoms with Crippen molar-refractivity contribution >= 4 is 5.91 Å². The van der Waals surface area contributed by atoms with Crippen molar-refractivity contribution in [1.29, 1.82) is 0 Å². The standard InChI is InChI=1S/C16H22N2O2/c1-11-17-15(12-7-4-3-5-8-12)16(19)18(11)13-9-6-10-14(13)20-2/h3-5,7-8,11,13-15,17H,6,9-10H2,1-2H3. The maximum absolute atomic E-state index is 12.8. The van der Waals surface area contributed by atoms with Gasteiger partial charge in [0.15, 0.2) is 0 Å². The largest absolute Gasteiger partial charge is 0.379 e. The normalized spacial score (nSPS) is 33.9. The summed E-state index contributed by atoms with van der Waals surface area (Å²) in [6.07, 6.45) is 3.47. The molecule has 0 bridgehead atoms. The summed E-state index contributed by atoms with van der Waals surface area (Å²) in [6.45, 7) is 2.06. The van der Waals surface area contributed by atoms with Crippen LogP contribution in [-0.4, -0.2) is 36.2 Å². The molecule has 2 aliphatic rings. The first-order valence-electron chi connectivity index (χ1n) is 7.38. The van der Waals surface area contributed by atoms with Gasteiger partial charge in [-0.25, -0.2) is 0 Å². The van der Waals surface area contributed by atoms with E-state index in [-0.39, 0.29) is 30.3 Å². The number of carbonyl (C=O) groups is 1. The van der Waals surface area contributed by atoms with Crippen LogP contribution in [0.15, 0.2) is 30.3 Å². The Morgan fingerprint density at radius 1 is 1.25 bits per heavy atom. The van der Waals surface area contributed by atoms with Gasteiger partial charge in [0.2, 0.25) is 5.91 Å². The van der Waals surface area contributed by atoms with Gasteiger partial charge in [-0.3, -0.25) is 10.1 Å². The monoisotopic (exact) mass is 274 g/mol. The van der Waals surface area contributed by atoms with Gasteiger partial charge in [0.1, 0.15) is 6.04 Å². The molecule has 1 saturated carbocycles. The van der Waals surface area contributed by atoms with E-state index < -0.39 is 0 Å². The summed E-state index contributed by atoms with van der Waals surface area (Å²) in [5.41, 5.74) is 1.04. The number of nitrogens with one attached hydrogen (secondary N) is 1. The molecule has 1 aliphatic heterocycles. The van der Waals surface area contributed by atoms with Gasteiger partial charge in [-0.05, 0) is 31.7 Å². The summed E-state index contributed by atoms with van der Waals surface area (Å²) in [7, 11) is 1.75. The van der Waals surface area contributed by atoms with Gasteiger partial charge in [-0.2, -0.15) is 0 Å². The summed E-state index contributed by atoms with van der Waals surface area (Å²) in [5, 5.41) is 3.41. The molecule has 1 aromatic carbocycles. The van der Waals surface area contributed by atoms with Crippen LogP contribution < -0.4 is 5.32 Å². The van der Waals surface area contributed by atoms with Crippen molar-refractivity contribution in [2.75, 3.05) is 7.11 Å². The van der Waals surface area contributed by atoms with Crippen LogP contribution >= 0.6 is 0 Å². The van der Waals surface area contributed by atoms with Crippen molar-refractivity contribution in [3.63, 3.8) is 0 Å². The summed E-state index contributed by atoms with van der Waals surface area (Å²) in [6, 6.07) is 9.94. The lowest BCUT2D eigenvalue weighted by Crippen LogP contribution is -2.47. The molecule has 108 valence electrons. The van der Waals surface area contributed by atoms with Gasteiger partial charge in [0, 0.05) is 7.11 Å². The molecule has 1 heterocycles. The Labute approximate surface area is 120 Å². The molecule has 4 unspecified atom stereocenters. The van der Waals surface area contributed by atoms with E-state index in [1.807, 2.05) is 35.2 Å². The molecule has 20 heavy (non-hydrogen) atoms. The summed E-state index contributed by atoms with van der Waals surface area (Å²) >= 11 is 0. The van der Waals surface area contributed by atoms with Gasteiger partial charge in [0.05, 0.1) is 18.3 Å². The number of hydrogen-bond acceptors (Lipinski definition) is 3. The zero-order valence-corrected chi connectivity index (χ0v) is 12.1. The average molecular weight is 274 g/mol. The first-order chi connectivity index (χ1) is 9.72. The van der Waals surface area contributed by atoms with Crippen LogP contribution in [0.4, 0.5) is 0 Å². The number of carbonyl (C=O) groups excluding carboxylic acids is 1. The van der Waals surface area contributed by atoms with Crippen LogP contribution in [0, 0.1) is 0 Å². The lowest BCUT2D eigenvalue weighted by Gasteiger charge is -2.31. The zero-order valence-electron chi connectivity index (χ0n) is 12.1. The molecule has 4 nitrogen and oxygen atoms in total. The lowest BCUT2D eigenvalue weighted by atomic mass is 10.1. The van der Waals surface area contributed by atoms with Crippen molar-refractivity contribution in [2.45, 2.75) is 50.5 Å². The van der Waals surface area contributed by atoms with Crippen molar-refractivity contribution < 1.29 is 9.53 Å². The molecule has 0 aromatic heterocycles. The molecule has 0 spiro atoms. The third kappa shape index (κ3) is 2.23. The minimum absolute atomic E-state index is 0.0634. The maximum Gasteiger partial charge on any atom is 0.245 e. The lowest BCUT2D eigenvalue weighted by molar-refractivity contribution is -0.134. The quantitative estimate of drug-likeness (QED) is 0.917. The Bertz CT molecular complexity index is 477. The van der Waals surface area contributed by atoms with Crippen LogP contribution in [0.25, 0.3) is 0 Å². The van der Waals surface area contributed by atoms with Crippen LogP contribution in [0.5, 0.6) is 0 Å². The van der Waals surface area contributed by atoms with Crippen molar-refractivity contribution in [1.82, 2.24) is 10.2 Å². The average Bonchev–Trinajstić information content (AvgIpc) is 3.04. The highest BCUT2D eigenvalue weighted by Gasteiger charge is 2.44. The van der Waals surface area contributed by atoms with E-state index in [1.165, 1.54) is 0 Å². The number of methoxy groups -OCH3 is 1. The minimum atomic E-state index is -0.218. The number of ether oxygens (including phenoxy) is 1. The Hall–Kier alpha value is -1.39. The van der Waals surface area contributed by atoms with Gasteiger partial charge >= 0.3 is 0 Å². The van der Waals surface area contributed by atoms with Gasteiger partial charge in [-0.15, -0.1) is 0 Å². The molecule has 1 aromatic rings. The molecule has 1 amide bonds. The first-order valence-corrected chi connectivity index (χ1v) is 7.38. The zero-order chi connectivity index (χ0) is 14.1. The van der Waals surface area contributed by atoms with E-state index >= 15 is 0 Å². The SMILES string of the molecule is COC1CCCC1N1C(=O)C(c2ccccc2)NC1C. The maximum atomic E-state index is 12.8. The van der Waals surface area contributed by atoms with Crippen LogP contribution in [0.1, 0.15) is 37.8 Å². The predicted octanol–water partition coefficient (Wildman–Crippen LogP) is 2.07. The van der Waals surface area contributed by atoms with E-state index in [1.54, 1.807) is 7.11 Å². The number of amides is 1. The molecule has 4 heteroatoms. The van der Waals surface area contributed by atoms with Gasteiger partial charge < -0.3 is 9.64 Å². The van der Waals surface area contributed by atoms with Gasteiger partial charge in [0.25, 0.3) is 0 Å². The molecular weight excluding hydrogens is 252 g/mol. The fourth-order valence-corrected chi connectivity index (χ4v) is 3.57. The Balaban J connectivity index is 1.82. The highest BCUT2D eigenvalue weighted by Crippen LogP contribution is 2.33. The van der Waals surface area contributed by atoms with Crippen LogP contribution in [0.2, 0.25) is 0 Å². The summed E-state index contributed by atoms with van der Waals surface area (Å²) < 4.78 is 5.55. The number of benzene rings is 1. The topological polar surface area (TPSA) is 41.6 Å². The number of hydrogen-bond donors (Lipinski definition) is 1.